The van der Waals surface area contributed by atoms with Crippen LogP contribution in [0.15, 0.2) is 59.3 Å². The van der Waals surface area contributed by atoms with E-state index in [1.54, 1.807) is 30.5 Å². The third-order valence-corrected chi connectivity index (χ3v) is 6.47. The van der Waals surface area contributed by atoms with Crippen LogP contribution >= 0.6 is 11.6 Å². The highest BCUT2D eigenvalue weighted by atomic mass is 35.5. The smallest absolute Gasteiger partial charge is 0.275 e. The Hall–Kier alpha value is -4.08. The van der Waals surface area contributed by atoms with Crippen LogP contribution in [0.5, 0.6) is 0 Å². The van der Waals surface area contributed by atoms with E-state index < -0.39 is 11.7 Å². The Bertz CT molecular complexity index is 1530. The monoisotopic (exact) mass is 534 g/mol. The van der Waals surface area contributed by atoms with Gasteiger partial charge in [0.15, 0.2) is 22.9 Å². The van der Waals surface area contributed by atoms with Gasteiger partial charge in [-0.2, -0.15) is 0 Å². The number of morpholine rings is 1. The topological polar surface area (TPSA) is 112 Å². The zero-order valence-corrected chi connectivity index (χ0v) is 21.1. The second kappa shape index (κ2) is 11.1. The van der Waals surface area contributed by atoms with Crippen LogP contribution in [0.4, 0.5) is 10.2 Å². The Morgan fingerprint density at radius 2 is 1.89 bits per heavy atom. The number of amides is 1. The van der Waals surface area contributed by atoms with Gasteiger partial charge in [-0.25, -0.2) is 14.4 Å². The Kier molecular flexibility index (Phi) is 7.48. The molecule has 0 bridgehead atoms. The van der Waals surface area contributed by atoms with Gasteiger partial charge in [-0.15, -0.1) is 0 Å². The van der Waals surface area contributed by atoms with Gasteiger partial charge >= 0.3 is 0 Å². The van der Waals surface area contributed by atoms with E-state index in [4.69, 9.17) is 26.5 Å². The van der Waals surface area contributed by atoms with Gasteiger partial charge < -0.3 is 19.8 Å². The van der Waals surface area contributed by atoms with E-state index in [1.165, 1.54) is 23.2 Å². The van der Waals surface area contributed by atoms with Gasteiger partial charge in [-0.3, -0.25) is 9.59 Å². The van der Waals surface area contributed by atoms with Crippen LogP contribution in [-0.4, -0.2) is 52.9 Å². The summed E-state index contributed by atoms with van der Waals surface area (Å²) in [5.41, 5.74) is 7.71. The van der Waals surface area contributed by atoms with E-state index in [2.05, 4.69) is 9.97 Å². The Balaban J connectivity index is 1.29. The summed E-state index contributed by atoms with van der Waals surface area (Å²) in [7, 11) is 0. The van der Waals surface area contributed by atoms with E-state index in [0.29, 0.717) is 71.4 Å². The number of nitrogens with two attached hydrogens (primary N) is 1. The molecular formula is C28H24ClFN4O4. The minimum Gasteiger partial charge on any atom is -0.459 e. The average Bonchev–Trinajstić information content (AvgIpc) is 3.35. The lowest BCUT2D eigenvalue weighted by Gasteiger charge is -2.26. The quantitative estimate of drug-likeness (QED) is 0.334. The highest BCUT2D eigenvalue weighted by Gasteiger charge is 2.23. The fourth-order valence-electron chi connectivity index (χ4n) is 4.16. The fraction of sp³-hybridized carbons (Fsp3) is 0.214. The molecule has 4 aromatic rings. The SMILES string of the molecule is Nc1ccc(/C=C/C(=O)CCc2cc3cc(-c4cnc(C(=O)N5CCOCC5)c(F)c4)cc(Cl)c3o2)cn1. The molecule has 1 amide bonds. The van der Waals surface area contributed by atoms with E-state index in [0.717, 1.165) is 5.56 Å². The second-order valence-corrected chi connectivity index (χ2v) is 9.27. The molecule has 0 aliphatic carbocycles. The number of aryl methyl sites for hydroxylation is 1. The summed E-state index contributed by atoms with van der Waals surface area (Å²) >= 11 is 6.47. The first kappa shape index (κ1) is 25.6. The number of hydrogen-bond acceptors (Lipinski definition) is 7. The van der Waals surface area contributed by atoms with Crippen molar-refractivity contribution in [2.45, 2.75) is 12.8 Å². The number of nitrogen functional groups attached to an aromatic ring is 1. The molecule has 0 atom stereocenters. The molecule has 38 heavy (non-hydrogen) atoms. The number of anilines is 1. The van der Waals surface area contributed by atoms with E-state index in [9.17, 15) is 14.0 Å². The van der Waals surface area contributed by atoms with Crippen LogP contribution < -0.4 is 5.73 Å². The zero-order valence-electron chi connectivity index (χ0n) is 20.3. The Morgan fingerprint density at radius 1 is 1.08 bits per heavy atom. The van der Waals surface area contributed by atoms with Gasteiger partial charge in [0.1, 0.15) is 11.6 Å². The highest BCUT2D eigenvalue weighted by molar-refractivity contribution is 6.35. The van der Waals surface area contributed by atoms with Crippen molar-refractivity contribution < 1.29 is 23.1 Å². The number of pyridine rings is 2. The minimum atomic E-state index is -0.704. The van der Waals surface area contributed by atoms with Crippen molar-refractivity contribution in [2.75, 3.05) is 32.0 Å². The first-order chi connectivity index (χ1) is 18.4. The van der Waals surface area contributed by atoms with Crippen LogP contribution in [-0.2, 0) is 16.0 Å². The van der Waals surface area contributed by atoms with Gasteiger partial charge in [0.25, 0.3) is 5.91 Å². The zero-order chi connectivity index (χ0) is 26.6. The van der Waals surface area contributed by atoms with Crippen molar-refractivity contribution in [1.29, 1.82) is 0 Å². The third-order valence-electron chi connectivity index (χ3n) is 6.19. The van der Waals surface area contributed by atoms with Crippen molar-refractivity contribution in [2.24, 2.45) is 0 Å². The second-order valence-electron chi connectivity index (χ2n) is 8.86. The summed E-state index contributed by atoms with van der Waals surface area (Å²) in [6, 6.07) is 10.0. The molecule has 8 nitrogen and oxygen atoms in total. The predicted molar refractivity (Wildman–Crippen MR) is 142 cm³/mol. The number of ketones is 1. The number of benzene rings is 1. The summed E-state index contributed by atoms with van der Waals surface area (Å²) in [5, 5.41) is 1.06. The number of allylic oxidation sites excluding steroid dienone is 1. The lowest BCUT2D eigenvalue weighted by atomic mass is 10.0. The number of furan rings is 1. The number of halogens is 2. The Morgan fingerprint density at radius 3 is 2.63 bits per heavy atom. The maximum atomic E-state index is 14.9. The largest absolute Gasteiger partial charge is 0.459 e. The van der Waals surface area contributed by atoms with Crippen LogP contribution in [0.3, 0.4) is 0 Å². The number of carbonyl (C=O) groups is 2. The van der Waals surface area contributed by atoms with Gasteiger partial charge in [0.2, 0.25) is 0 Å². The van der Waals surface area contributed by atoms with Gasteiger partial charge in [-0.1, -0.05) is 11.6 Å². The highest BCUT2D eigenvalue weighted by Crippen LogP contribution is 2.33. The molecule has 2 N–H and O–H groups in total. The molecule has 1 aromatic carbocycles. The molecule has 0 unspecified atom stereocenters. The molecule has 10 heteroatoms. The molecule has 1 saturated heterocycles. The summed E-state index contributed by atoms with van der Waals surface area (Å²) in [5.74, 6) is -0.213. The molecule has 194 valence electrons. The van der Waals surface area contributed by atoms with Crippen LogP contribution in [0.25, 0.3) is 28.2 Å². The molecule has 5 rings (SSSR count). The normalized spacial score (nSPS) is 13.9. The fourth-order valence-corrected chi connectivity index (χ4v) is 4.42. The van der Waals surface area contributed by atoms with E-state index in [-0.39, 0.29) is 17.9 Å². The van der Waals surface area contributed by atoms with Crippen molar-refractivity contribution in [1.82, 2.24) is 14.9 Å². The summed E-state index contributed by atoms with van der Waals surface area (Å²) in [4.78, 5) is 34.6. The predicted octanol–water partition coefficient (Wildman–Crippen LogP) is 4.95. The molecule has 3 aromatic heterocycles. The first-order valence-corrected chi connectivity index (χ1v) is 12.4. The first-order valence-electron chi connectivity index (χ1n) is 12.0. The Labute approximate surface area is 222 Å². The maximum absolute atomic E-state index is 14.9. The van der Waals surface area contributed by atoms with E-state index >= 15 is 0 Å². The summed E-state index contributed by atoms with van der Waals surface area (Å²) in [6.45, 7) is 1.64. The van der Waals surface area contributed by atoms with E-state index in [1.807, 2.05) is 12.1 Å². The number of carbonyl (C=O) groups excluding carboxylic acids is 2. The van der Waals surface area contributed by atoms with Crippen LogP contribution in [0.2, 0.25) is 5.02 Å². The minimum absolute atomic E-state index is 0.0673. The molecule has 0 saturated carbocycles. The lowest BCUT2D eigenvalue weighted by Crippen LogP contribution is -2.41. The molecule has 0 radical (unpaired) electrons. The lowest BCUT2D eigenvalue weighted by molar-refractivity contribution is -0.114. The van der Waals surface area contributed by atoms with Gasteiger partial charge in [0.05, 0.1) is 18.2 Å². The summed E-state index contributed by atoms with van der Waals surface area (Å²) < 4.78 is 26.0. The molecule has 1 fully saturated rings. The molecule has 0 spiro atoms. The number of aromatic nitrogens is 2. The van der Waals surface area contributed by atoms with Gasteiger partial charge in [0, 0.05) is 49.3 Å². The third kappa shape index (κ3) is 5.74. The standard InChI is InChI=1S/C28H24ClFN4O4/c29-23-13-18(20-14-24(30)26(33-16-20)28(36)34-7-9-37-10-8-34)11-19-12-22(38-27(19)23)5-4-21(35)3-1-17-2-6-25(31)32-15-17/h1-3,6,11-16H,4-5,7-10H2,(H2,31,32)/b3-1+. The van der Waals surface area contributed by atoms with Crippen molar-refractivity contribution in [3.8, 4) is 11.1 Å². The molecule has 1 aliphatic heterocycles. The summed E-state index contributed by atoms with van der Waals surface area (Å²) in [6.07, 6.45) is 6.86. The maximum Gasteiger partial charge on any atom is 0.275 e. The van der Waals surface area contributed by atoms with Crippen molar-refractivity contribution >= 4 is 46.2 Å². The molecule has 4 heterocycles. The number of rotatable bonds is 7. The average molecular weight is 535 g/mol. The number of fused-ring (bicyclic) bond motifs is 1. The van der Waals surface area contributed by atoms with Crippen LogP contribution in [0, 0.1) is 5.82 Å². The molecule has 1 aliphatic rings. The molecular weight excluding hydrogens is 511 g/mol. The van der Waals surface area contributed by atoms with Crippen molar-refractivity contribution in [3.05, 3.63) is 82.7 Å². The van der Waals surface area contributed by atoms with Crippen molar-refractivity contribution in [3.63, 3.8) is 0 Å². The number of ether oxygens (including phenoxy) is 1. The van der Waals surface area contributed by atoms with Gasteiger partial charge in [-0.05, 0) is 59.7 Å². The number of hydrogen-bond donors (Lipinski definition) is 1. The van der Waals surface area contributed by atoms with Crippen LogP contribution in [0.1, 0.15) is 28.2 Å². The number of nitrogens with zero attached hydrogens (tertiary/aromatic N) is 3.